The Morgan fingerprint density at radius 3 is 2.58 bits per heavy atom. The van der Waals surface area contributed by atoms with Gasteiger partial charge in [0.25, 0.3) is 5.56 Å². The van der Waals surface area contributed by atoms with Crippen LogP contribution in [-0.2, 0) is 13.1 Å². The number of aromatic nitrogens is 2. The zero-order chi connectivity index (χ0) is 17.9. The van der Waals surface area contributed by atoms with Gasteiger partial charge in [0.15, 0.2) is 4.77 Å². The van der Waals surface area contributed by atoms with E-state index in [-0.39, 0.29) is 23.0 Å². The van der Waals surface area contributed by atoms with Crippen molar-refractivity contribution < 1.29 is 5.11 Å². The van der Waals surface area contributed by atoms with Crippen LogP contribution in [0.25, 0.3) is 0 Å². The minimum atomic E-state index is -0.341. The van der Waals surface area contributed by atoms with Gasteiger partial charge in [-0.2, -0.15) is 0 Å². The fraction of sp³-hybridized carbons (Fsp3) is 0.353. The molecule has 0 fully saturated rings. The molecular formula is C17H20ClN3O2S. The number of halogens is 1. The van der Waals surface area contributed by atoms with Crippen LogP contribution in [0.5, 0.6) is 5.88 Å². The molecule has 1 aromatic heterocycles. The van der Waals surface area contributed by atoms with E-state index in [1.54, 1.807) is 6.07 Å². The molecule has 0 aliphatic heterocycles. The standard InChI is InChI=1S/C17H20ClN3O2S/c1-4-20-15(22)14(16(23)21(5-2)17(20)24)10-19-11(3)12-7-6-8-13(18)9-12/h6-11,22H,4-5H2,1-3H3. The van der Waals surface area contributed by atoms with Crippen LogP contribution in [0.1, 0.15) is 37.9 Å². The molecule has 2 aromatic rings. The van der Waals surface area contributed by atoms with Crippen molar-refractivity contribution in [2.75, 3.05) is 0 Å². The Labute approximate surface area is 150 Å². The molecule has 0 spiro atoms. The molecule has 2 rings (SSSR count). The van der Waals surface area contributed by atoms with E-state index >= 15 is 0 Å². The molecule has 1 aromatic carbocycles. The number of benzene rings is 1. The summed E-state index contributed by atoms with van der Waals surface area (Å²) in [5.74, 6) is -0.153. The van der Waals surface area contributed by atoms with Gasteiger partial charge in [-0.25, -0.2) is 0 Å². The van der Waals surface area contributed by atoms with E-state index in [4.69, 9.17) is 23.8 Å². The normalized spacial score (nSPS) is 12.7. The van der Waals surface area contributed by atoms with Gasteiger partial charge in [-0.1, -0.05) is 23.7 Å². The molecule has 24 heavy (non-hydrogen) atoms. The smallest absolute Gasteiger partial charge is 0.267 e. The summed E-state index contributed by atoms with van der Waals surface area (Å²) in [7, 11) is 0. The maximum Gasteiger partial charge on any atom is 0.267 e. The molecule has 1 unspecified atom stereocenters. The van der Waals surface area contributed by atoms with Crippen LogP contribution in [-0.4, -0.2) is 20.5 Å². The Kier molecular flexibility index (Phi) is 5.96. The van der Waals surface area contributed by atoms with Crippen LogP contribution in [0, 0.1) is 4.77 Å². The molecule has 0 radical (unpaired) electrons. The van der Waals surface area contributed by atoms with Crippen LogP contribution >= 0.6 is 23.8 Å². The van der Waals surface area contributed by atoms with Crippen molar-refractivity contribution in [3.8, 4) is 5.88 Å². The lowest BCUT2D eigenvalue weighted by atomic mass is 10.1. The first kappa shape index (κ1) is 18.4. The first-order valence-electron chi connectivity index (χ1n) is 7.75. The molecule has 0 aliphatic rings. The van der Waals surface area contributed by atoms with Gasteiger partial charge in [-0.3, -0.25) is 18.9 Å². The summed E-state index contributed by atoms with van der Waals surface area (Å²) in [6, 6.07) is 7.18. The first-order valence-corrected chi connectivity index (χ1v) is 8.54. The second-order valence-electron chi connectivity index (χ2n) is 5.32. The molecule has 7 heteroatoms. The van der Waals surface area contributed by atoms with Gasteiger partial charge in [0.05, 0.1) is 6.04 Å². The number of rotatable bonds is 5. The third-order valence-corrected chi connectivity index (χ3v) is 4.50. The van der Waals surface area contributed by atoms with E-state index < -0.39 is 0 Å². The molecule has 1 N–H and O–H groups in total. The van der Waals surface area contributed by atoms with Crippen molar-refractivity contribution in [1.29, 1.82) is 0 Å². The summed E-state index contributed by atoms with van der Waals surface area (Å²) < 4.78 is 3.28. The lowest BCUT2D eigenvalue weighted by molar-refractivity contribution is 0.399. The van der Waals surface area contributed by atoms with E-state index in [9.17, 15) is 9.90 Å². The topological polar surface area (TPSA) is 59.5 Å². The predicted octanol–water partition coefficient (Wildman–Crippen LogP) is 3.96. The summed E-state index contributed by atoms with van der Waals surface area (Å²) in [4.78, 5) is 16.9. The van der Waals surface area contributed by atoms with Crippen molar-refractivity contribution >= 4 is 30.0 Å². The highest BCUT2D eigenvalue weighted by Gasteiger charge is 2.14. The Hall–Kier alpha value is -1.92. The average molecular weight is 366 g/mol. The molecule has 0 saturated carbocycles. The zero-order valence-electron chi connectivity index (χ0n) is 13.9. The molecule has 5 nitrogen and oxygen atoms in total. The minimum absolute atomic E-state index is 0.140. The highest BCUT2D eigenvalue weighted by Crippen LogP contribution is 2.21. The van der Waals surface area contributed by atoms with Gasteiger partial charge < -0.3 is 5.11 Å². The largest absolute Gasteiger partial charge is 0.494 e. The SMILES string of the molecule is CCn1c(O)c(C=NC(C)c2cccc(Cl)c2)c(=O)n(CC)c1=S. The van der Waals surface area contributed by atoms with E-state index in [1.165, 1.54) is 15.3 Å². The number of aromatic hydroxyl groups is 1. The van der Waals surface area contributed by atoms with E-state index in [0.29, 0.717) is 22.9 Å². The van der Waals surface area contributed by atoms with E-state index in [2.05, 4.69) is 4.99 Å². The van der Waals surface area contributed by atoms with Crippen LogP contribution in [0.15, 0.2) is 34.1 Å². The lowest BCUT2D eigenvalue weighted by Crippen LogP contribution is -2.28. The Morgan fingerprint density at radius 2 is 2.00 bits per heavy atom. The zero-order valence-corrected chi connectivity index (χ0v) is 15.4. The second kappa shape index (κ2) is 7.77. The van der Waals surface area contributed by atoms with Crippen molar-refractivity contribution in [3.05, 3.63) is 55.5 Å². The molecular weight excluding hydrogens is 346 g/mol. The van der Waals surface area contributed by atoms with Crippen LogP contribution in [0.3, 0.4) is 0 Å². The van der Waals surface area contributed by atoms with Crippen molar-refractivity contribution in [2.45, 2.75) is 39.9 Å². The van der Waals surface area contributed by atoms with Gasteiger partial charge in [0.2, 0.25) is 5.88 Å². The second-order valence-corrected chi connectivity index (χ2v) is 6.12. The summed E-state index contributed by atoms with van der Waals surface area (Å²) in [6.45, 7) is 6.49. The number of nitrogens with zero attached hydrogens (tertiary/aromatic N) is 3. The van der Waals surface area contributed by atoms with Gasteiger partial charge >= 0.3 is 0 Å². The Balaban J connectivity index is 2.49. The maximum atomic E-state index is 12.5. The molecule has 1 atom stereocenters. The highest BCUT2D eigenvalue weighted by atomic mass is 35.5. The molecule has 0 saturated heterocycles. The van der Waals surface area contributed by atoms with Gasteiger partial charge in [0.1, 0.15) is 5.56 Å². The number of aliphatic imine (C=N–C) groups is 1. The van der Waals surface area contributed by atoms with Crippen molar-refractivity contribution in [1.82, 2.24) is 9.13 Å². The monoisotopic (exact) mass is 365 g/mol. The molecule has 128 valence electrons. The van der Waals surface area contributed by atoms with E-state index in [0.717, 1.165) is 5.56 Å². The van der Waals surface area contributed by atoms with Crippen molar-refractivity contribution in [3.63, 3.8) is 0 Å². The van der Waals surface area contributed by atoms with Gasteiger partial charge in [-0.15, -0.1) is 0 Å². The first-order chi connectivity index (χ1) is 11.4. The number of hydrogen-bond acceptors (Lipinski definition) is 4. The third-order valence-electron chi connectivity index (χ3n) is 3.82. The maximum absolute atomic E-state index is 12.5. The lowest BCUT2D eigenvalue weighted by Gasteiger charge is -2.14. The van der Waals surface area contributed by atoms with Gasteiger partial charge in [-0.05, 0) is 50.7 Å². The summed E-state index contributed by atoms with van der Waals surface area (Å²) in [6.07, 6.45) is 1.41. The summed E-state index contributed by atoms with van der Waals surface area (Å²) >= 11 is 11.3. The quantitative estimate of drug-likeness (QED) is 0.644. The van der Waals surface area contributed by atoms with E-state index in [1.807, 2.05) is 39.0 Å². The highest BCUT2D eigenvalue weighted by molar-refractivity contribution is 7.71. The Morgan fingerprint density at radius 1 is 1.33 bits per heavy atom. The average Bonchev–Trinajstić information content (AvgIpc) is 2.55. The third kappa shape index (κ3) is 3.60. The van der Waals surface area contributed by atoms with Gasteiger partial charge in [0, 0.05) is 24.3 Å². The Bertz CT molecular complexity index is 886. The predicted molar refractivity (Wildman–Crippen MR) is 100.0 cm³/mol. The summed E-state index contributed by atoms with van der Waals surface area (Å²) in [5, 5.41) is 11.0. The molecule has 0 bridgehead atoms. The molecule has 0 aliphatic carbocycles. The van der Waals surface area contributed by atoms with Crippen LogP contribution < -0.4 is 5.56 Å². The van der Waals surface area contributed by atoms with Crippen LogP contribution in [0.2, 0.25) is 5.02 Å². The molecule has 0 amide bonds. The fourth-order valence-corrected chi connectivity index (χ4v) is 3.05. The van der Waals surface area contributed by atoms with Crippen LogP contribution in [0.4, 0.5) is 0 Å². The fourth-order valence-electron chi connectivity index (χ4n) is 2.43. The molecule has 1 heterocycles. The number of hydrogen-bond donors (Lipinski definition) is 1. The summed E-state index contributed by atoms with van der Waals surface area (Å²) in [5.41, 5.74) is 0.727. The minimum Gasteiger partial charge on any atom is -0.494 e. The van der Waals surface area contributed by atoms with Crippen molar-refractivity contribution in [2.24, 2.45) is 4.99 Å².